The first-order valence-corrected chi connectivity index (χ1v) is 6.29. The number of thioether (sulfide) groups is 2. The molecule has 5 heteroatoms. The Morgan fingerprint density at radius 2 is 2.08 bits per heavy atom. The number of nitrogens with zero attached hydrogens (tertiary/aromatic N) is 2. The predicted octanol–water partition coefficient (Wildman–Crippen LogP) is 2.41. The lowest BCUT2D eigenvalue weighted by molar-refractivity contribution is 0.470. The molecule has 0 amide bonds. The van der Waals surface area contributed by atoms with Gasteiger partial charge in [0.05, 0.1) is 5.08 Å². The Morgan fingerprint density at radius 1 is 1.50 bits per heavy atom. The molecule has 1 saturated heterocycles. The molecule has 1 aliphatic heterocycles. The van der Waals surface area contributed by atoms with Crippen LogP contribution in [0.25, 0.3) is 0 Å². The van der Waals surface area contributed by atoms with Crippen molar-refractivity contribution in [1.29, 1.82) is 0 Å². The molecule has 0 N–H and O–H groups in total. The van der Waals surface area contributed by atoms with E-state index in [0.717, 1.165) is 27.7 Å². The van der Waals surface area contributed by atoms with Gasteiger partial charge in [0.15, 0.2) is 5.11 Å². The van der Waals surface area contributed by atoms with E-state index in [2.05, 4.69) is 23.7 Å². The standard InChI is InChI=1S/C7H12N2S3/c1-3-9(4-2)6(10)8-7-11-5-12-7/h3-5H2,1-2H3. The molecular weight excluding hydrogens is 208 g/mol. The van der Waals surface area contributed by atoms with Crippen LogP contribution in [0, 0.1) is 0 Å². The van der Waals surface area contributed by atoms with Gasteiger partial charge in [0.1, 0.15) is 4.38 Å². The maximum atomic E-state index is 5.16. The molecule has 1 aliphatic rings. The normalized spacial score (nSPS) is 15.3. The number of aliphatic imine (C=N–C) groups is 1. The molecule has 0 aromatic heterocycles. The van der Waals surface area contributed by atoms with Crippen molar-refractivity contribution in [2.75, 3.05) is 18.2 Å². The summed E-state index contributed by atoms with van der Waals surface area (Å²) in [6.07, 6.45) is 0. The third kappa shape index (κ3) is 2.64. The fourth-order valence-electron chi connectivity index (χ4n) is 0.819. The highest BCUT2D eigenvalue weighted by molar-refractivity contribution is 8.52. The molecule has 0 bridgehead atoms. The number of rotatable bonds is 2. The van der Waals surface area contributed by atoms with Gasteiger partial charge in [-0.05, 0) is 26.1 Å². The molecule has 0 aliphatic carbocycles. The van der Waals surface area contributed by atoms with E-state index in [0.29, 0.717) is 0 Å². The first-order chi connectivity index (χ1) is 5.77. The molecule has 1 fully saturated rings. The van der Waals surface area contributed by atoms with E-state index >= 15 is 0 Å². The van der Waals surface area contributed by atoms with Crippen LogP contribution >= 0.6 is 35.7 Å². The van der Waals surface area contributed by atoms with Crippen LogP contribution in [0.15, 0.2) is 4.99 Å². The van der Waals surface area contributed by atoms with Gasteiger partial charge in [-0.15, -0.1) is 0 Å². The van der Waals surface area contributed by atoms with E-state index in [4.69, 9.17) is 12.2 Å². The lowest BCUT2D eigenvalue weighted by Gasteiger charge is -2.20. The molecule has 1 heterocycles. The van der Waals surface area contributed by atoms with Gasteiger partial charge in [-0.1, -0.05) is 23.5 Å². The van der Waals surface area contributed by atoms with Crippen molar-refractivity contribution in [3.63, 3.8) is 0 Å². The number of hydrogen-bond acceptors (Lipinski definition) is 3. The summed E-state index contributed by atoms with van der Waals surface area (Å²) in [5.41, 5.74) is 0. The summed E-state index contributed by atoms with van der Waals surface area (Å²) in [6.45, 7) is 6.08. The summed E-state index contributed by atoms with van der Waals surface area (Å²) in [5.74, 6) is 0. The zero-order chi connectivity index (χ0) is 8.97. The highest BCUT2D eigenvalue weighted by Gasteiger charge is 2.14. The Hall–Kier alpha value is 0.260. The van der Waals surface area contributed by atoms with Gasteiger partial charge >= 0.3 is 0 Å². The summed E-state index contributed by atoms with van der Waals surface area (Å²) in [5, 5.41) is 1.86. The van der Waals surface area contributed by atoms with Crippen molar-refractivity contribution >= 4 is 45.2 Å². The Labute approximate surface area is 87.2 Å². The first kappa shape index (κ1) is 10.3. The van der Waals surface area contributed by atoms with E-state index in [1.165, 1.54) is 0 Å². The third-order valence-electron chi connectivity index (χ3n) is 1.59. The minimum Gasteiger partial charge on any atom is -0.348 e. The van der Waals surface area contributed by atoms with Crippen LogP contribution in [0.2, 0.25) is 0 Å². The van der Waals surface area contributed by atoms with E-state index in [-0.39, 0.29) is 0 Å². The highest BCUT2D eigenvalue weighted by Crippen LogP contribution is 2.32. The molecular formula is C7H12N2S3. The van der Waals surface area contributed by atoms with E-state index in [9.17, 15) is 0 Å². The maximum Gasteiger partial charge on any atom is 0.196 e. The van der Waals surface area contributed by atoms with Gasteiger partial charge in [-0.2, -0.15) is 0 Å². The predicted molar refractivity (Wildman–Crippen MR) is 63.0 cm³/mol. The van der Waals surface area contributed by atoms with E-state index in [1.54, 1.807) is 23.5 Å². The largest absolute Gasteiger partial charge is 0.348 e. The zero-order valence-electron chi connectivity index (χ0n) is 7.24. The molecule has 0 aromatic carbocycles. The third-order valence-corrected chi connectivity index (χ3v) is 4.26. The van der Waals surface area contributed by atoms with Gasteiger partial charge in [0.2, 0.25) is 0 Å². The molecule has 68 valence electrons. The summed E-state index contributed by atoms with van der Waals surface area (Å²) in [4.78, 5) is 6.41. The summed E-state index contributed by atoms with van der Waals surface area (Å²) in [7, 11) is 0. The fourth-order valence-corrected chi connectivity index (χ4v) is 2.48. The first-order valence-electron chi connectivity index (χ1n) is 3.91. The van der Waals surface area contributed by atoms with Crippen molar-refractivity contribution in [2.45, 2.75) is 13.8 Å². The SMILES string of the molecule is CCN(CC)C(=S)N=C1SCS1. The molecule has 0 spiro atoms. The maximum absolute atomic E-state index is 5.16. The summed E-state index contributed by atoms with van der Waals surface area (Å²) in [6, 6.07) is 0. The summed E-state index contributed by atoms with van der Waals surface area (Å²) < 4.78 is 1.12. The van der Waals surface area contributed by atoms with Crippen LogP contribution in [0.1, 0.15) is 13.8 Å². The Bertz CT molecular complexity index is 193. The quantitative estimate of drug-likeness (QED) is 0.664. The molecule has 0 radical (unpaired) electrons. The molecule has 0 atom stereocenters. The lowest BCUT2D eigenvalue weighted by atomic mass is 10.5. The van der Waals surface area contributed by atoms with Crippen LogP contribution in [-0.2, 0) is 0 Å². The zero-order valence-corrected chi connectivity index (χ0v) is 9.69. The van der Waals surface area contributed by atoms with Gasteiger partial charge < -0.3 is 4.90 Å². The van der Waals surface area contributed by atoms with Crippen LogP contribution in [0.4, 0.5) is 0 Å². The van der Waals surface area contributed by atoms with Gasteiger partial charge in [0.25, 0.3) is 0 Å². The minimum atomic E-state index is 0.731. The Balaban J connectivity index is 2.45. The van der Waals surface area contributed by atoms with E-state index in [1.807, 2.05) is 0 Å². The second-order valence-corrected chi connectivity index (χ2v) is 5.16. The second kappa shape index (κ2) is 5.09. The average Bonchev–Trinajstić information content (AvgIpc) is 1.99. The smallest absolute Gasteiger partial charge is 0.196 e. The van der Waals surface area contributed by atoms with Crippen molar-refractivity contribution in [2.24, 2.45) is 4.99 Å². The second-order valence-electron chi connectivity index (χ2n) is 2.24. The number of thiocarbonyl (C=S) groups is 1. The van der Waals surface area contributed by atoms with Crippen molar-refractivity contribution < 1.29 is 0 Å². The Kier molecular flexibility index (Phi) is 4.39. The molecule has 0 saturated carbocycles. The minimum absolute atomic E-state index is 0.731. The average molecular weight is 220 g/mol. The molecule has 2 nitrogen and oxygen atoms in total. The summed E-state index contributed by atoms with van der Waals surface area (Å²) >= 11 is 8.70. The van der Waals surface area contributed by atoms with Crippen LogP contribution in [0.5, 0.6) is 0 Å². The van der Waals surface area contributed by atoms with Gasteiger partial charge in [-0.3, -0.25) is 0 Å². The topological polar surface area (TPSA) is 15.6 Å². The highest BCUT2D eigenvalue weighted by atomic mass is 32.3. The van der Waals surface area contributed by atoms with Gasteiger partial charge in [0, 0.05) is 13.1 Å². The molecule has 1 rings (SSSR count). The molecule has 0 aromatic rings. The number of hydrogen-bond donors (Lipinski definition) is 0. The fraction of sp³-hybridized carbons (Fsp3) is 0.714. The van der Waals surface area contributed by atoms with Crippen molar-refractivity contribution in [1.82, 2.24) is 4.90 Å². The van der Waals surface area contributed by atoms with Gasteiger partial charge in [-0.25, -0.2) is 4.99 Å². The lowest BCUT2D eigenvalue weighted by Crippen LogP contribution is -2.28. The van der Waals surface area contributed by atoms with Crippen LogP contribution in [0.3, 0.4) is 0 Å². The van der Waals surface area contributed by atoms with Crippen molar-refractivity contribution in [3.8, 4) is 0 Å². The monoisotopic (exact) mass is 220 g/mol. The van der Waals surface area contributed by atoms with E-state index < -0.39 is 0 Å². The van der Waals surface area contributed by atoms with Crippen molar-refractivity contribution in [3.05, 3.63) is 0 Å². The molecule has 0 unspecified atom stereocenters. The van der Waals surface area contributed by atoms with Crippen LogP contribution in [-0.4, -0.2) is 32.6 Å². The molecule has 12 heavy (non-hydrogen) atoms. The Morgan fingerprint density at radius 3 is 2.42 bits per heavy atom. The van der Waals surface area contributed by atoms with Crippen LogP contribution < -0.4 is 0 Å².